The van der Waals surface area contributed by atoms with E-state index in [0.29, 0.717) is 24.6 Å². The first-order chi connectivity index (χ1) is 13.9. The van der Waals surface area contributed by atoms with Crippen LogP contribution in [-0.2, 0) is 22.8 Å². The molecule has 0 saturated carbocycles. The minimum Gasteiger partial charge on any atom is -0.494 e. The lowest BCUT2D eigenvalue weighted by Crippen LogP contribution is -2.38. The number of nitrogens with zero attached hydrogens (tertiary/aromatic N) is 1. The number of hydrogen-bond donors (Lipinski definition) is 2. The van der Waals surface area contributed by atoms with Gasteiger partial charge >= 0.3 is 0 Å². The average molecular weight is 545 g/mol. The summed E-state index contributed by atoms with van der Waals surface area (Å²) in [6.45, 7) is 6.85. The molecule has 0 aliphatic carbocycles. The smallest absolute Gasteiger partial charge is 0.191 e. The predicted molar refractivity (Wildman–Crippen MR) is 134 cm³/mol. The van der Waals surface area contributed by atoms with Gasteiger partial charge in [-0.3, -0.25) is 0 Å². The Morgan fingerprint density at radius 3 is 2.40 bits per heavy atom. The zero-order valence-corrected chi connectivity index (χ0v) is 21.0. The Morgan fingerprint density at radius 1 is 1.03 bits per heavy atom. The second kappa shape index (κ2) is 13.5. The number of halogens is 1. The van der Waals surface area contributed by atoms with Gasteiger partial charge in [0, 0.05) is 19.3 Å². The van der Waals surface area contributed by atoms with Crippen molar-refractivity contribution in [3.8, 4) is 5.75 Å². The van der Waals surface area contributed by atoms with Gasteiger partial charge in [-0.15, -0.1) is 24.0 Å². The molecule has 2 aromatic rings. The summed E-state index contributed by atoms with van der Waals surface area (Å²) in [5.41, 5.74) is 2.16. The molecule has 0 atom stereocenters. The Bertz CT molecular complexity index is 900. The van der Waals surface area contributed by atoms with Crippen molar-refractivity contribution in [3.63, 3.8) is 0 Å². The molecule has 2 rings (SSSR count). The van der Waals surface area contributed by atoms with E-state index in [2.05, 4.69) is 22.5 Å². The van der Waals surface area contributed by atoms with Gasteiger partial charge in [-0.1, -0.05) is 31.2 Å². The van der Waals surface area contributed by atoms with Crippen LogP contribution in [0.3, 0.4) is 0 Å². The predicted octanol–water partition coefficient (Wildman–Crippen LogP) is 3.79. The first kappa shape index (κ1) is 26.2. The van der Waals surface area contributed by atoms with Crippen LogP contribution >= 0.6 is 24.0 Å². The van der Waals surface area contributed by atoms with Crippen molar-refractivity contribution in [1.82, 2.24) is 10.6 Å². The highest BCUT2D eigenvalue weighted by Crippen LogP contribution is 2.14. The van der Waals surface area contributed by atoms with Gasteiger partial charge < -0.3 is 15.4 Å². The van der Waals surface area contributed by atoms with E-state index >= 15 is 0 Å². The summed E-state index contributed by atoms with van der Waals surface area (Å²) < 4.78 is 28.7. The highest BCUT2D eigenvalue weighted by atomic mass is 127. The molecule has 0 aliphatic heterocycles. The Morgan fingerprint density at radius 2 is 1.77 bits per heavy atom. The summed E-state index contributed by atoms with van der Waals surface area (Å²) in [7, 11) is -3.16. The minimum atomic E-state index is -3.16. The zero-order valence-electron chi connectivity index (χ0n) is 17.8. The van der Waals surface area contributed by atoms with Crippen molar-refractivity contribution < 1.29 is 13.2 Å². The topological polar surface area (TPSA) is 79.8 Å². The molecule has 0 heterocycles. The lowest BCUT2D eigenvalue weighted by Gasteiger charge is -2.12. The summed E-state index contributed by atoms with van der Waals surface area (Å²) in [6.07, 6.45) is 2.97. The number of benzene rings is 2. The van der Waals surface area contributed by atoms with Gasteiger partial charge in [0.2, 0.25) is 0 Å². The van der Waals surface area contributed by atoms with Crippen molar-refractivity contribution in [2.45, 2.75) is 38.1 Å². The Balaban J connectivity index is 0.00000450. The van der Waals surface area contributed by atoms with Crippen molar-refractivity contribution in [1.29, 1.82) is 0 Å². The normalized spacial score (nSPS) is 11.5. The fraction of sp³-hybridized carbons (Fsp3) is 0.409. The molecule has 2 aromatic carbocycles. The van der Waals surface area contributed by atoms with E-state index in [1.807, 2.05) is 43.3 Å². The number of sulfone groups is 1. The third-order valence-corrected chi connectivity index (χ3v) is 5.32. The van der Waals surface area contributed by atoms with Crippen molar-refractivity contribution >= 4 is 39.8 Å². The monoisotopic (exact) mass is 545 g/mol. The molecule has 30 heavy (non-hydrogen) atoms. The molecule has 8 heteroatoms. The van der Waals surface area contributed by atoms with Gasteiger partial charge in [0.15, 0.2) is 15.8 Å². The molecule has 166 valence electrons. The number of nitrogens with one attached hydrogen (secondary N) is 2. The largest absolute Gasteiger partial charge is 0.494 e. The zero-order chi connectivity index (χ0) is 21.1. The summed E-state index contributed by atoms with van der Waals surface area (Å²) in [6, 6.07) is 15.0. The molecule has 0 bridgehead atoms. The number of guanidine groups is 1. The number of rotatable bonds is 10. The second-order valence-corrected chi connectivity index (χ2v) is 8.80. The van der Waals surface area contributed by atoms with Crippen LogP contribution < -0.4 is 15.4 Å². The SMILES string of the molecule is CCCOc1cccc(CN=C(NCC)NCCc2ccc(S(C)(=O)=O)cc2)c1.I. The van der Waals surface area contributed by atoms with E-state index in [0.717, 1.165) is 42.2 Å². The van der Waals surface area contributed by atoms with Crippen molar-refractivity contribution in [2.24, 2.45) is 4.99 Å². The molecule has 0 saturated heterocycles. The average Bonchev–Trinajstić information content (AvgIpc) is 2.70. The Hall–Kier alpha value is -1.81. The second-order valence-electron chi connectivity index (χ2n) is 6.78. The van der Waals surface area contributed by atoms with E-state index in [4.69, 9.17) is 4.74 Å². The molecule has 0 aliphatic rings. The maximum Gasteiger partial charge on any atom is 0.191 e. The van der Waals surface area contributed by atoms with E-state index in [1.165, 1.54) is 6.26 Å². The van der Waals surface area contributed by atoms with Crippen LogP contribution in [0.4, 0.5) is 0 Å². The van der Waals surface area contributed by atoms with Crippen LogP contribution in [0.25, 0.3) is 0 Å². The highest BCUT2D eigenvalue weighted by Gasteiger charge is 2.06. The minimum absolute atomic E-state index is 0. The van der Waals surface area contributed by atoms with Gasteiger partial charge in [-0.05, 0) is 55.2 Å². The van der Waals surface area contributed by atoms with Crippen LogP contribution in [0, 0.1) is 0 Å². The first-order valence-electron chi connectivity index (χ1n) is 9.95. The van der Waals surface area contributed by atoms with Gasteiger partial charge in [0.25, 0.3) is 0 Å². The molecule has 2 N–H and O–H groups in total. The van der Waals surface area contributed by atoms with Crippen LogP contribution in [0.5, 0.6) is 5.75 Å². The summed E-state index contributed by atoms with van der Waals surface area (Å²) in [5.74, 6) is 1.62. The van der Waals surface area contributed by atoms with Crippen LogP contribution in [0.2, 0.25) is 0 Å². The fourth-order valence-electron chi connectivity index (χ4n) is 2.69. The lowest BCUT2D eigenvalue weighted by molar-refractivity contribution is 0.317. The number of aliphatic imine (C=N–C) groups is 1. The quantitative estimate of drug-likeness (QED) is 0.270. The maximum atomic E-state index is 11.5. The standard InChI is InChI=1S/C22H31N3O3S.HI/c1-4-15-28-20-8-6-7-19(16-20)17-25-22(23-5-2)24-14-13-18-9-11-21(12-10-18)29(3,26)27;/h6-12,16H,4-5,13-15,17H2,1-3H3,(H2,23,24,25);1H. The van der Waals surface area contributed by atoms with Gasteiger partial charge in [0.05, 0.1) is 18.0 Å². The lowest BCUT2D eigenvalue weighted by atomic mass is 10.1. The van der Waals surface area contributed by atoms with Gasteiger partial charge in [-0.2, -0.15) is 0 Å². The van der Waals surface area contributed by atoms with Crippen molar-refractivity contribution in [2.75, 3.05) is 26.0 Å². The first-order valence-corrected chi connectivity index (χ1v) is 11.8. The molecule has 0 radical (unpaired) electrons. The molecular weight excluding hydrogens is 513 g/mol. The number of hydrogen-bond acceptors (Lipinski definition) is 4. The third-order valence-electron chi connectivity index (χ3n) is 4.19. The van der Waals surface area contributed by atoms with Crippen molar-refractivity contribution in [3.05, 3.63) is 59.7 Å². The molecule has 6 nitrogen and oxygen atoms in total. The van der Waals surface area contributed by atoms with Crippen LogP contribution in [0.15, 0.2) is 58.4 Å². The maximum absolute atomic E-state index is 11.5. The van der Waals surface area contributed by atoms with Gasteiger partial charge in [-0.25, -0.2) is 13.4 Å². The van der Waals surface area contributed by atoms with E-state index in [9.17, 15) is 8.42 Å². The molecular formula is C22H32IN3O3S. The highest BCUT2D eigenvalue weighted by molar-refractivity contribution is 14.0. The number of ether oxygens (including phenoxy) is 1. The van der Waals surface area contributed by atoms with E-state index < -0.39 is 9.84 Å². The summed E-state index contributed by atoms with van der Waals surface area (Å²) in [4.78, 5) is 4.98. The summed E-state index contributed by atoms with van der Waals surface area (Å²) >= 11 is 0. The van der Waals surface area contributed by atoms with Gasteiger partial charge in [0.1, 0.15) is 5.75 Å². The molecule has 0 fully saturated rings. The Labute approximate surface area is 197 Å². The molecule has 0 aromatic heterocycles. The molecule has 0 unspecified atom stereocenters. The molecule has 0 spiro atoms. The summed E-state index contributed by atoms with van der Waals surface area (Å²) in [5, 5.41) is 6.57. The van der Waals surface area contributed by atoms with Crippen LogP contribution in [-0.4, -0.2) is 40.3 Å². The van der Waals surface area contributed by atoms with E-state index in [1.54, 1.807) is 12.1 Å². The fourth-order valence-corrected chi connectivity index (χ4v) is 3.32. The Kier molecular flexibility index (Phi) is 11.8. The van der Waals surface area contributed by atoms with E-state index in [-0.39, 0.29) is 24.0 Å². The molecule has 0 amide bonds. The van der Waals surface area contributed by atoms with Crippen LogP contribution in [0.1, 0.15) is 31.4 Å². The third kappa shape index (κ3) is 9.34.